The van der Waals surface area contributed by atoms with Gasteiger partial charge in [-0.2, -0.15) is 0 Å². The van der Waals surface area contributed by atoms with E-state index in [2.05, 4.69) is 11.9 Å². The number of aliphatic hydroxyl groups excluding tert-OH is 1. The van der Waals surface area contributed by atoms with Gasteiger partial charge >= 0.3 is 0 Å². The first kappa shape index (κ1) is 10.6. The molecule has 0 bridgehead atoms. The number of rotatable bonds is 2. The van der Waals surface area contributed by atoms with Crippen LogP contribution in [-0.2, 0) is 0 Å². The molecule has 1 N–H and O–H groups in total. The molecule has 0 aliphatic heterocycles. The second-order valence-corrected chi connectivity index (χ2v) is 4.70. The minimum Gasteiger partial charge on any atom is -0.388 e. The Morgan fingerprint density at radius 3 is 2.67 bits per heavy atom. The molecule has 1 aliphatic rings. The molecule has 1 fully saturated rings. The normalized spacial score (nSPS) is 21.5. The maximum Gasteiger partial charge on any atom is 0.141 e. The molecule has 82 valence electrons. The van der Waals surface area contributed by atoms with E-state index in [4.69, 9.17) is 0 Å². The molecule has 0 spiro atoms. The third-order valence-electron chi connectivity index (χ3n) is 3.45. The summed E-state index contributed by atoms with van der Waals surface area (Å²) in [5, 5.41) is 10.2. The van der Waals surface area contributed by atoms with Crippen LogP contribution in [0.25, 0.3) is 0 Å². The van der Waals surface area contributed by atoms with Crippen molar-refractivity contribution in [1.82, 2.24) is 4.98 Å². The van der Waals surface area contributed by atoms with Crippen molar-refractivity contribution in [3.8, 4) is 0 Å². The van der Waals surface area contributed by atoms with E-state index in [1.54, 1.807) is 6.20 Å². The molecule has 0 saturated heterocycles. The van der Waals surface area contributed by atoms with Crippen LogP contribution in [0.2, 0.25) is 0 Å². The molecule has 3 heteroatoms. The van der Waals surface area contributed by atoms with Gasteiger partial charge in [0.25, 0.3) is 0 Å². The standard InChI is InChI=1S/C12H16FNO/c1-12(4-2-3-5-12)11(15)9-6-10(13)8-14-7-9/h6-8,11,15H,2-5H2,1H3. The monoisotopic (exact) mass is 209 g/mol. The highest BCUT2D eigenvalue weighted by molar-refractivity contribution is 5.16. The summed E-state index contributed by atoms with van der Waals surface area (Å²) in [6, 6.07) is 1.38. The van der Waals surface area contributed by atoms with Gasteiger partial charge in [0.05, 0.1) is 12.3 Å². The van der Waals surface area contributed by atoms with Gasteiger partial charge in [-0.3, -0.25) is 4.98 Å². The Morgan fingerprint density at radius 2 is 2.07 bits per heavy atom. The highest BCUT2D eigenvalue weighted by Crippen LogP contribution is 2.46. The summed E-state index contributed by atoms with van der Waals surface area (Å²) in [5.41, 5.74) is 0.495. The van der Waals surface area contributed by atoms with Gasteiger partial charge in [-0.15, -0.1) is 0 Å². The van der Waals surface area contributed by atoms with Crippen molar-refractivity contribution in [1.29, 1.82) is 0 Å². The molecule has 2 rings (SSSR count). The zero-order valence-corrected chi connectivity index (χ0v) is 8.91. The lowest BCUT2D eigenvalue weighted by Gasteiger charge is -2.29. The van der Waals surface area contributed by atoms with Crippen LogP contribution in [0.15, 0.2) is 18.5 Å². The molecule has 1 atom stereocenters. The van der Waals surface area contributed by atoms with Gasteiger partial charge in [-0.25, -0.2) is 4.39 Å². The average molecular weight is 209 g/mol. The van der Waals surface area contributed by atoms with E-state index in [1.165, 1.54) is 6.07 Å². The zero-order valence-electron chi connectivity index (χ0n) is 8.91. The minimum absolute atomic E-state index is 0.102. The third-order valence-corrected chi connectivity index (χ3v) is 3.45. The average Bonchev–Trinajstić information content (AvgIpc) is 2.65. The summed E-state index contributed by atoms with van der Waals surface area (Å²) in [6.07, 6.45) is 6.43. The van der Waals surface area contributed by atoms with E-state index >= 15 is 0 Å². The van der Waals surface area contributed by atoms with Crippen LogP contribution in [0.3, 0.4) is 0 Å². The summed E-state index contributed by atoms with van der Waals surface area (Å²) in [5.74, 6) is -0.381. The first-order chi connectivity index (χ1) is 7.12. The molecule has 1 saturated carbocycles. The lowest BCUT2D eigenvalue weighted by molar-refractivity contribution is 0.0403. The summed E-state index contributed by atoms with van der Waals surface area (Å²) in [4.78, 5) is 3.77. The van der Waals surface area contributed by atoms with Crippen molar-refractivity contribution < 1.29 is 9.50 Å². The van der Waals surface area contributed by atoms with Crippen LogP contribution in [0.5, 0.6) is 0 Å². The molecule has 0 aromatic carbocycles. The lowest BCUT2D eigenvalue weighted by Crippen LogP contribution is -2.22. The highest BCUT2D eigenvalue weighted by atomic mass is 19.1. The van der Waals surface area contributed by atoms with E-state index in [1.807, 2.05) is 0 Å². The largest absolute Gasteiger partial charge is 0.388 e. The van der Waals surface area contributed by atoms with Gasteiger partial charge in [0.2, 0.25) is 0 Å². The number of pyridine rings is 1. The Labute approximate surface area is 89.2 Å². The van der Waals surface area contributed by atoms with Crippen molar-refractivity contribution in [3.63, 3.8) is 0 Å². The number of aliphatic hydroxyl groups is 1. The van der Waals surface area contributed by atoms with Gasteiger partial charge in [0.15, 0.2) is 0 Å². The number of aromatic nitrogens is 1. The van der Waals surface area contributed by atoms with Crippen molar-refractivity contribution in [2.24, 2.45) is 5.41 Å². The van der Waals surface area contributed by atoms with E-state index in [0.29, 0.717) is 5.56 Å². The molecule has 1 aromatic heterocycles. The van der Waals surface area contributed by atoms with E-state index in [0.717, 1.165) is 31.9 Å². The van der Waals surface area contributed by atoms with Gasteiger partial charge in [-0.1, -0.05) is 19.8 Å². The van der Waals surface area contributed by atoms with Crippen LogP contribution in [-0.4, -0.2) is 10.1 Å². The fourth-order valence-corrected chi connectivity index (χ4v) is 2.44. The lowest BCUT2D eigenvalue weighted by atomic mass is 9.80. The predicted octanol–water partition coefficient (Wildman–Crippen LogP) is 2.83. The fourth-order valence-electron chi connectivity index (χ4n) is 2.44. The van der Waals surface area contributed by atoms with Gasteiger partial charge in [0.1, 0.15) is 5.82 Å². The maximum atomic E-state index is 13.0. The van der Waals surface area contributed by atoms with Crippen LogP contribution < -0.4 is 0 Å². The second-order valence-electron chi connectivity index (χ2n) is 4.70. The highest BCUT2D eigenvalue weighted by Gasteiger charge is 2.36. The zero-order chi connectivity index (χ0) is 10.9. The Morgan fingerprint density at radius 1 is 1.40 bits per heavy atom. The van der Waals surface area contributed by atoms with E-state index in [-0.39, 0.29) is 11.2 Å². The topological polar surface area (TPSA) is 33.1 Å². The molecule has 1 aliphatic carbocycles. The quantitative estimate of drug-likeness (QED) is 0.812. The predicted molar refractivity (Wildman–Crippen MR) is 55.7 cm³/mol. The minimum atomic E-state index is -0.594. The molecule has 1 aromatic rings. The molecular weight excluding hydrogens is 193 g/mol. The van der Waals surface area contributed by atoms with Crippen molar-refractivity contribution >= 4 is 0 Å². The Bertz CT molecular complexity index is 347. The first-order valence-corrected chi connectivity index (χ1v) is 5.40. The van der Waals surface area contributed by atoms with Crippen LogP contribution >= 0.6 is 0 Å². The number of hydrogen-bond acceptors (Lipinski definition) is 2. The molecule has 2 nitrogen and oxygen atoms in total. The number of halogens is 1. The molecule has 1 heterocycles. The van der Waals surface area contributed by atoms with Gasteiger partial charge < -0.3 is 5.11 Å². The van der Waals surface area contributed by atoms with Gasteiger partial charge in [0, 0.05) is 11.8 Å². The third kappa shape index (κ3) is 2.02. The molecule has 15 heavy (non-hydrogen) atoms. The molecule has 0 radical (unpaired) electrons. The maximum absolute atomic E-state index is 13.0. The van der Waals surface area contributed by atoms with Crippen molar-refractivity contribution in [2.75, 3.05) is 0 Å². The molecular formula is C12H16FNO. The molecule has 1 unspecified atom stereocenters. The summed E-state index contributed by atoms with van der Waals surface area (Å²) >= 11 is 0. The van der Waals surface area contributed by atoms with E-state index in [9.17, 15) is 9.50 Å². The Balaban J connectivity index is 2.23. The van der Waals surface area contributed by atoms with Gasteiger partial charge in [-0.05, 0) is 24.3 Å². The summed E-state index contributed by atoms with van der Waals surface area (Å²) in [7, 11) is 0. The number of nitrogens with zero attached hydrogens (tertiary/aromatic N) is 1. The number of hydrogen-bond donors (Lipinski definition) is 1. The van der Waals surface area contributed by atoms with E-state index < -0.39 is 6.10 Å². The first-order valence-electron chi connectivity index (χ1n) is 5.40. The SMILES string of the molecule is CC1(C(O)c2cncc(F)c2)CCCC1. The summed E-state index contributed by atoms with van der Waals surface area (Å²) in [6.45, 7) is 2.07. The van der Waals surface area contributed by atoms with Crippen molar-refractivity contribution in [2.45, 2.75) is 38.7 Å². The Kier molecular flexibility index (Phi) is 2.74. The van der Waals surface area contributed by atoms with Crippen LogP contribution in [0.4, 0.5) is 4.39 Å². The van der Waals surface area contributed by atoms with Crippen LogP contribution in [0.1, 0.15) is 44.3 Å². The smallest absolute Gasteiger partial charge is 0.141 e. The fraction of sp³-hybridized carbons (Fsp3) is 0.583. The summed E-state index contributed by atoms with van der Waals surface area (Å²) < 4.78 is 13.0. The van der Waals surface area contributed by atoms with Crippen LogP contribution in [0, 0.1) is 11.2 Å². The van der Waals surface area contributed by atoms with Crippen molar-refractivity contribution in [3.05, 3.63) is 29.8 Å². The second kappa shape index (κ2) is 3.89. The Hall–Kier alpha value is -0.960. The molecule has 0 amide bonds.